The van der Waals surface area contributed by atoms with Crippen LogP contribution in [0.4, 0.5) is 0 Å². The van der Waals surface area contributed by atoms with Crippen LogP contribution in [0.5, 0.6) is 0 Å². The first kappa shape index (κ1) is 19.8. The average Bonchev–Trinajstić information content (AvgIpc) is 3.17. The van der Waals surface area contributed by atoms with E-state index >= 15 is 0 Å². The van der Waals surface area contributed by atoms with Gasteiger partial charge in [-0.3, -0.25) is 9.69 Å². The fourth-order valence-corrected chi connectivity index (χ4v) is 5.45. The summed E-state index contributed by atoms with van der Waals surface area (Å²) in [4.78, 5) is 14.4. The highest BCUT2D eigenvalue weighted by atomic mass is 35.5. The molecule has 2 aromatic rings. The molecule has 7 nitrogen and oxygen atoms in total. The highest BCUT2D eigenvalue weighted by molar-refractivity contribution is 7.89. The van der Waals surface area contributed by atoms with Crippen molar-refractivity contribution in [2.75, 3.05) is 26.2 Å². The molecule has 0 unspecified atom stereocenters. The maximum atomic E-state index is 13.0. The minimum Gasteiger partial charge on any atom is -0.282 e. The monoisotopic (exact) mass is 442 g/mol. The highest BCUT2D eigenvalue weighted by Gasteiger charge is 2.29. The molecule has 0 spiro atoms. The Morgan fingerprint density at radius 2 is 1.75 bits per heavy atom. The molecule has 1 aromatic carbocycles. The van der Waals surface area contributed by atoms with Crippen LogP contribution in [0.3, 0.4) is 0 Å². The summed E-state index contributed by atoms with van der Waals surface area (Å²) in [7, 11) is -3.52. The molecule has 150 valence electrons. The van der Waals surface area contributed by atoms with Gasteiger partial charge in [0, 0.05) is 26.2 Å². The lowest BCUT2D eigenvalue weighted by atomic mass is 10.1. The summed E-state index contributed by atoms with van der Waals surface area (Å²) in [5.41, 5.74) is 1.94. The van der Waals surface area contributed by atoms with Crippen LogP contribution in [0.1, 0.15) is 17.5 Å². The van der Waals surface area contributed by atoms with E-state index in [2.05, 4.69) is 5.10 Å². The van der Waals surface area contributed by atoms with E-state index < -0.39 is 15.6 Å². The number of aromatic nitrogens is 2. The van der Waals surface area contributed by atoms with Crippen LogP contribution in [-0.2, 0) is 29.5 Å². The lowest BCUT2D eigenvalue weighted by Gasteiger charge is -2.33. The fourth-order valence-electron chi connectivity index (χ4n) is 3.70. The number of hydrogen-bond acceptors (Lipinski definition) is 5. The fraction of sp³-hybridized carbons (Fsp3) is 0.444. The molecule has 28 heavy (non-hydrogen) atoms. The van der Waals surface area contributed by atoms with Crippen LogP contribution in [0.15, 0.2) is 34.1 Å². The maximum absolute atomic E-state index is 13.0. The van der Waals surface area contributed by atoms with E-state index in [0.717, 1.165) is 24.8 Å². The summed E-state index contributed by atoms with van der Waals surface area (Å²) in [5, 5.41) is 4.05. The van der Waals surface area contributed by atoms with Crippen LogP contribution < -0.4 is 5.56 Å². The van der Waals surface area contributed by atoms with E-state index in [0.29, 0.717) is 31.1 Å². The minimum absolute atomic E-state index is 0.0607. The third kappa shape index (κ3) is 3.71. The molecule has 1 fully saturated rings. The molecule has 0 amide bonds. The molecule has 0 bridgehead atoms. The van der Waals surface area contributed by atoms with Crippen LogP contribution in [0.2, 0.25) is 10.0 Å². The molecule has 10 heteroatoms. The number of aryl methyl sites for hydroxylation is 2. The number of hydrogen-bond donors (Lipinski definition) is 0. The van der Waals surface area contributed by atoms with Gasteiger partial charge in [-0.2, -0.15) is 9.40 Å². The van der Waals surface area contributed by atoms with E-state index in [4.69, 9.17) is 23.2 Å². The van der Waals surface area contributed by atoms with Gasteiger partial charge in [-0.05, 0) is 42.5 Å². The normalized spacial score (nSPS) is 18.4. The van der Waals surface area contributed by atoms with Crippen molar-refractivity contribution in [3.05, 3.63) is 55.9 Å². The zero-order chi connectivity index (χ0) is 19.9. The second-order valence-electron chi connectivity index (χ2n) is 7.06. The van der Waals surface area contributed by atoms with Crippen molar-refractivity contribution in [3.8, 4) is 0 Å². The van der Waals surface area contributed by atoms with Gasteiger partial charge in [-0.15, -0.1) is 0 Å². The van der Waals surface area contributed by atoms with Crippen LogP contribution >= 0.6 is 23.2 Å². The van der Waals surface area contributed by atoms with E-state index in [9.17, 15) is 13.2 Å². The smallest absolute Gasteiger partial charge is 0.282 e. The maximum Gasteiger partial charge on any atom is 0.288 e. The summed E-state index contributed by atoms with van der Waals surface area (Å²) in [5.74, 6) is 0. The molecule has 0 saturated carbocycles. The van der Waals surface area contributed by atoms with Gasteiger partial charge in [0.25, 0.3) is 5.56 Å². The van der Waals surface area contributed by atoms with Crippen LogP contribution in [0.25, 0.3) is 0 Å². The molecule has 0 radical (unpaired) electrons. The lowest BCUT2D eigenvalue weighted by molar-refractivity contribution is 0.143. The van der Waals surface area contributed by atoms with Gasteiger partial charge in [0.1, 0.15) is 5.02 Å². The summed E-state index contributed by atoms with van der Waals surface area (Å²) >= 11 is 11.7. The van der Waals surface area contributed by atoms with Gasteiger partial charge in [0.2, 0.25) is 10.0 Å². The molecular formula is C18H20Cl2N4O3S. The van der Waals surface area contributed by atoms with Crippen molar-refractivity contribution in [3.63, 3.8) is 0 Å². The number of nitrogens with zero attached hydrogens (tertiary/aromatic N) is 4. The molecule has 1 saturated heterocycles. The summed E-state index contributed by atoms with van der Waals surface area (Å²) in [6.45, 7) is 1.95. The molecule has 2 heterocycles. The Morgan fingerprint density at radius 3 is 2.50 bits per heavy atom. The number of fused-ring (bicyclic) bond motifs is 1. The SMILES string of the molecule is O=c1c(Cl)c(Cl)cnn1CN1CCN(S(=O)(=O)c2ccc3c(c2)CCC3)CC1. The molecule has 4 rings (SSSR count). The van der Waals surface area contributed by atoms with Gasteiger partial charge >= 0.3 is 0 Å². The second kappa shape index (κ2) is 7.76. The number of halogens is 2. The van der Waals surface area contributed by atoms with E-state index in [1.54, 1.807) is 6.07 Å². The van der Waals surface area contributed by atoms with Gasteiger partial charge in [-0.1, -0.05) is 29.3 Å². The zero-order valence-corrected chi connectivity index (χ0v) is 17.5. The second-order valence-corrected chi connectivity index (χ2v) is 9.78. The third-order valence-electron chi connectivity index (χ3n) is 5.32. The molecule has 0 atom stereocenters. The predicted octanol–water partition coefficient (Wildman–Crippen LogP) is 2.00. The van der Waals surface area contributed by atoms with Crippen molar-refractivity contribution in [1.82, 2.24) is 19.0 Å². The third-order valence-corrected chi connectivity index (χ3v) is 7.96. The molecule has 0 N–H and O–H groups in total. The van der Waals surface area contributed by atoms with Crippen molar-refractivity contribution in [2.24, 2.45) is 0 Å². The molecule has 1 aliphatic heterocycles. The molecular weight excluding hydrogens is 423 g/mol. The van der Waals surface area contributed by atoms with E-state index in [-0.39, 0.29) is 16.7 Å². The molecule has 1 aromatic heterocycles. The largest absolute Gasteiger partial charge is 0.288 e. The standard InChI is InChI=1S/C18H20Cl2N4O3S/c19-16-11-21-24(18(25)17(16)20)12-22-6-8-23(9-7-22)28(26,27)15-5-4-13-2-1-3-14(13)10-15/h4-5,10-11H,1-3,6-9,12H2. The zero-order valence-electron chi connectivity index (χ0n) is 15.1. The summed E-state index contributed by atoms with van der Waals surface area (Å²) in [6, 6.07) is 5.47. The first-order valence-corrected chi connectivity index (χ1v) is 11.3. The minimum atomic E-state index is -3.52. The predicted molar refractivity (Wildman–Crippen MR) is 107 cm³/mol. The Morgan fingerprint density at radius 1 is 1.04 bits per heavy atom. The number of benzene rings is 1. The van der Waals surface area contributed by atoms with Crippen molar-refractivity contribution in [1.29, 1.82) is 0 Å². The van der Waals surface area contributed by atoms with E-state index in [1.807, 2.05) is 17.0 Å². The molecule has 1 aliphatic carbocycles. The number of rotatable bonds is 4. The van der Waals surface area contributed by atoms with Gasteiger partial charge in [-0.25, -0.2) is 13.1 Å². The van der Waals surface area contributed by atoms with Crippen molar-refractivity contribution < 1.29 is 8.42 Å². The number of sulfonamides is 1. The average molecular weight is 443 g/mol. The van der Waals surface area contributed by atoms with Crippen LogP contribution in [-0.4, -0.2) is 53.6 Å². The first-order valence-electron chi connectivity index (χ1n) is 9.12. The van der Waals surface area contributed by atoms with Gasteiger partial charge < -0.3 is 0 Å². The number of piperazine rings is 1. The first-order chi connectivity index (χ1) is 13.4. The highest BCUT2D eigenvalue weighted by Crippen LogP contribution is 2.26. The Balaban J connectivity index is 1.44. The summed E-state index contributed by atoms with van der Waals surface area (Å²) < 4.78 is 28.7. The Hall–Kier alpha value is -1.45. The van der Waals surface area contributed by atoms with Crippen LogP contribution in [0, 0.1) is 0 Å². The topological polar surface area (TPSA) is 75.5 Å². The quantitative estimate of drug-likeness (QED) is 0.723. The Kier molecular flexibility index (Phi) is 5.50. The van der Waals surface area contributed by atoms with Crippen molar-refractivity contribution in [2.45, 2.75) is 30.8 Å². The Bertz CT molecular complexity index is 1060. The molecule has 2 aliphatic rings. The van der Waals surface area contributed by atoms with Gasteiger partial charge in [0.15, 0.2) is 0 Å². The Labute approximate surface area is 173 Å². The van der Waals surface area contributed by atoms with Crippen molar-refractivity contribution >= 4 is 33.2 Å². The van der Waals surface area contributed by atoms with E-state index in [1.165, 1.54) is 20.7 Å². The summed E-state index contributed by atoms with van der Waals surface area (Å²) in [6.07, 6.45) is 4.38. The lowest BCUT2D eigenvalue weighted by Crippen LogP contribution is -2.49. The van der Waals surface area contributed by atoms with Gasteiger partial charge in [0.05, 0.1) is 22.8 Å².